The minimum Gasteiger partial charge on any atom is -0.469 e. The van der Waals surface area contributed by atoms with E-state index in [9.17, 15) is 18.0 Å². The molecule has 1 fully saturated rings. The molecule has 0 saturated heterocycles. The molecule has 3 N–H and O–H groups in total. The van der Waals surface area contributed by atoms with Gasteiger partial charge in [0.25, 0.3) is 0 Å². The van der Waals surface area contributed by atoms with E-state index in [-0.39, 0.29) is 24.9 Å². The molecule has 0 heterocycles. The number of primary amides is 1. The fourth-order valence-corrected chi connectivity index (χ4v) is 4.27. The first-order valence-electron chi connectivity index (χ1n) is 7.28. The van der Waals surface area contributed by atoms with E-state index in [1.54, 1.807) is 24.3 Å². The number of rotatable bonds is 6. The summed E-state index contributed by atoms with van der Waals surface area (Å²) in [6, 6.07) is 6.47. The maximum atomic E-state index is 12.3. The van der Waals surface area contributed by atoms with Crippen LogP contribution >= 0.6 is 0 Å². The highest BCUT2D eigenvalue weighted by Gasteiger charge is 2.37. The quantitative estimate of drug-likeness (QED) is 0.734. The second-order valence-corrected chi connectivity index (χ2v) is 7.63. The van der Waals surface area contributed by atoms with Gasteiger partial charge in [0.05, 0.1) is 18.3 Å². The Balaban J connectivity index is 1.98. The number of sulfonamides is 1. The Morgan fingerprint density at radius 2 is 2.09 bits per heavy atom. The van der Waals surface area contributed by atoms with E-state index in [0.29, 0.717) is 24.0 Å². The van der Waals surface area contributed by atoms with Gasteiger partial charge in [-0.05, 0) is 37.0 Å². The third-order valence-electron chi connectivity index (χ3n) is 4.05. The highest BCUT2D eigenvalue weighted by atomic mass is 32.2. The Morgan fingerprint density at radius 1 is 1.35 bits per heavy atom. The van der Waals surface area contributed by atoms with E-state index in [2.05, 4.69) is 9.46 Å². The molecule has 1 amide bonds. The molecule has 1 aromatic carbocycles. The maximum absolute atomic E-state index is 12.3. The number of amides is 1. The largest absolute Gasteiger partial charge is 0.469 e. The zero-order valence-electron chi connectivity index (χ0n) is 12.8. The first kappa shape index (κ1) is 17.4. The lowest BCUT2D eigenvalue weighted by Crippen LogP contribution is -2.33. The first-order valence-corrected chi connectivity index (χ1v) is 8.83. The number of benzene rings is 1. The number of methoxy groups -OCH3 is 1. The van der Waals surface area contributed by atoms with Crippen LogP contribution in [0.3, 0.4) is 0 Å². The van der Waals surface area contributed by atoms with Crippen molar-refractivity contribution >= 4 is 21.9 Å². The van der Waals surface area contributed by atoms with E-state index in [1.807, 2.05) is 0 Å². The van der Waals surface area contributed by atoms with Gasteiger partial charge in [-0.3, -0.25) is 9.59 Å². The second-order valence-electron chi connectivity index (χ2n) is 5.59. The number of nitrogens with two attached hydrogens (primary N) is 1. The third kappa shape index (κ3) is 4.29. The van der Waals surface area contributed by atoms with Gasteiger partial charge < -0.3 is 10.5 Å². The molecule has 0 aromatic heterocycles. The van der Waals surface area contributed by atoms with Crippen molar-refractivity contribution in [1.29, 1.82) is 0 Å². The number of hydrogen-bond acceptors (Lipinski definition) is 5. The fraction of sp³-hybridized carbons (Fsp3) is 0.467. The second kappa shape index (κ2) is 7.10. The van der Waals surface area contributed by atoms with Gasteiger partial charge in [-0.2, -0.15) is 0 Å². The van der Waals surface area contributed by atoms with Crippen molar-refractivity contribution in [3.8, 4) is 0 Å². The van der Waals surface area contributed by atoms with E-state index < -0.39 is 21.2 Å². The van der Waals surface area contributed by atoms with E-state index in [1.165, 1.54) is 7.11 Å². The summed E-state index contributed by atoms with van der Waals surface area (Å²) in [4.78, 5) is 22.6. The molecule has 1 saturated carbocycles. The molecule has 2 unspecified atom stereocenters. The molecular weight excluding hydrogens is 320 g/mol. The van der Waals surface area contributed by atoms with Crippen molar-refractivity contribution in [1.82, 2.24) is 4.72 Å². The van der Waals surface area contributed by atoms with E-state index in [0.717, 1.165) is 0 Å². The predicted molar refractivity (Wildman–Crippen MR) is 83.9 cm³/mol. The van der Waals surface area contributed by atoms with Gasteiger partial charge >= 0.3 is 5.97 Å². The molecule has 2 atom stereocenters. The van der Waals surface area contributed by atoms with Crippen LogP contribution in [0.1, 0.15) is 35.2 Å². The lowest BCUT2D eigenvalue weighted by atomic mass is 10.1. The van der Waals surface area contributed by atoms with Gasteiger partial charge in [-0.1, -0.05) is 12.1 Å². The molecule has 2 rings (SSSR count). The van der Waals surface area contributed by atoms with Crippen LogP contribution in [-0.4, -0.2) is 32.7 Å². The Labute approximate surface area is 135 Å². The number of nitrogens with one attached hydrogen (secondary N) is 1. The summed E-state index contributed by atoms with van der Waals surface area (Å²) in [5.41, 5.74) is 6.17. The molecule has 1 aromatic rings. The minimum absolute atomic E-state index is 0.0723. The minimum atomic E-state index is -3.54. The first-order chi connectivity index (χ1) is 10.8. The molecule has 7 nitrogen and oxygen atoms in total. The molecule has 23 heavy (non-hydrogen) atoms. The van der Waals surface area contributed by atoms with Gasteiger partial charge in [0, 0.05) is 12.1 Å². The normalized spacial score (nSPS) is 21.1. The van der Waals surface area contributed by atoms with E-state index >= 15 is 0 Å². The summed E-state index contributed by atoms with van der Waals surface area (Å²) in [6.07, 6.45) is 1.20. The summed E-state index contributed by atoms with van der Waals surface area (Å²) in [5, 5.41) is -0.606. The van der Waals surface area contributed by atoms with Crippen molar-refractivity contribution in [2.24, 2.45) is 11.7 Å². The molecule has 0 aliphatic heterocycles. The maximum Gasteiger partial charge on any atom is 0.308 e. The Hall–Kier alpha value is -1.93. The number of hydrogen-bond donors (Lipinski definition) is 2. The summed E-state index contributed by atoms with van der Waals surface area (Å²) >= 11 is 0. The van der Waals surface area contributed by atoms with Crippen LogP contribution in [0.15, 0.2) is 24.3 Å². The fourth-order valence-electron chi connectivity index (χ4n) is 2.74. The standard InChI is InChI=1S/C15H20N2O5S/c1-22-15(19)12-5-6-13(8-12)23(20,21)17-9-10-3-2-4-11(7-10)14(16)18/h2-4,7,12-13,17H,5-6,8-9H2,1H3,(H2,16,18). The highest BCUT2D eigenvalue weighted by Crippen LogP contribution is 2.30. The number of esters is 1. The van der Waals surface area contributed by atoms with Gasteiger partial charge in [-0.25, -0.2) is 13.1 Å². The van der Waals surface area contributed by atoms with Crippen molar-refractivity contribution in [3.05, 3.63) is 35.4 Å². The Morgan fingerprint density at radius 3 is 2.74 bits per heavy atom. The van der Waals surface area contributed by atoms with Crippen molar-refractivity contribution in [2.75, 3.05) is 7.11 Å². The average Bonchev–Trinajstić information content (AvgIpc) is 3.03. The van der Waals surface area contributed by atoms with E-state index in [4.69, 9.17) is 5.73 Å². The lowest BCUT2D eigenvalue weighted by Gasteiger charge is -2.13. The van der Waals surface area contributed by atoms with Gasteiger partial charge in [0.2, 0.25) is 15.9 Å². The van der Waals surface area contributed by atoms with Crippen molar-refractivity contribution < 1.29 is 22.7 Å². The van der Waals surface area contributed by atoms with Crippen LogP contribution in [0.4, 0.5) is 0 Å². The summed E-state index contributed by atoms with van der Waals surface area (Å²) in [6.45, 7) is 0.0723. The molecule has 126 valence electrons. The van der Waals surface area contributed by atoms with Crippen LogP contribution in [0.5, 0.6) is 0 Å². The average molecular weight is 340 g/mol. The number of ether oxygens (including phenoxy) is 1. The third-order valence-corrected chi connectivity index (χ3v) is 5.90. The summed E-state index contributed by atoms with van der Waals surface area (Å²) in [5.74, 6) is -1.29. The molecule has 1 aliphatic rings. The number of carbonyl (C=O) groups excluding carboxylic acids is 2. The van der Waals surface area contributed by atoms with Gasteiger partial charge in [0.15, 0.2) is 0 Å². The van der Waals surface area contributed by atoms with Crippen LogP contribution in [0.25, 0.3) is 0 Å². The highest BCUT2D eigenvalue weighted by molar-refractivity contribution is 7.90. The molecule has 0 spiro atoms. The summed E-state index contributed by atoms with van der Waals surface area (Å²) in [7, 11) is -2.24. The molecule has 0 radical (unpaired) electrons. The summed E-state index contributed by atoms with van der Waals surface area (Å²) < 4.78 is 31.8. The SMILES string of the molecule is COC(=O)C1CCC(S(=O)(=O)NCc2cccc(C(N)=O)c2)C1. The van der Waals surface area contributed by atoms with Gasteiger partial charge in [0.1, 0.15) is 0 Å². The molecule has 0 bridgehead atoms. The van der Waals surface area contributed by atoms with Gasteiger partial charge in [-0.15, -0.1) is 0 Å². The smallest absolute Gasteiger partial charge is 0.308 e. The molecule has 1 aliphatic carbocycles. The molecular formula is C15H20N2O5S. The zero-order chi connectivity index (χ0) is 17.0. The Kier molecular flexibility index (Phi) is 5.38. The van der Waals surface area contributed by atoms with Crippen LogP contribution < -0.4 is 10.5 Å². The van der Waals surface area contributed by atoms with Crippen LogP contribution in [0.2, 0.25) is 0 Å². The number of carbonyl (C=O) groups is 2. The Bertz CT molecular complexity index is 702. The lowest BCUT2D eigenvalue weighted by molar-refractivity contribution is -0.145. The topological polar surface area (TPSA) is 116 Å². The predicted octanol–water partition coefficient (Wildman–Crippen LogP) is 0.547. The van der Waals surface area contributed by atoms with Crippen molar-refractivity contribution in [2.45, 2.75) is 31.1 Å². The van der Waals surface area contributed by atoms with Crippen molar-refractivity contribution in [3.63, 3.8) is 0 Å². The van der Waals surface area contributed by atoms with Crippen LogP contribution in [-0.2, 0) is 26.1 Å². The van der Waals surface area contributed by atoms with Crippen LogP contribution in [0, 0.1) is 5.92 Å². The monoisotopic (exact) mass is 340 g/mol. The molecule has 8 heteroatoms. The zero-order valence-corrected chi connectivity index (χ0v) is 13.6.